The fraction of sp³-hybridized carbons (Fsp3) is 0.692. The van der Waals surface area contributed by atoms with E-state index in [1.165, 1.54) is 0 Å². The van der Waals surface area contributed by atoms with Crippen LogP contribution in [0.25, 0.3) is 0 Å². The molecule has 90 valence electrons. The molecule has 0 bridgehead atoms. The molecule has 0 spiro atoms. The molecule has 1 aliphatic heterocycles. The first-order chi connectivity index (χ1) is 7.34. The molecule has 0 saturated carbocycles. The largest absolute Gasteiger partial charge is 0.291 e. The van der Waals surface area contributed by atoms with Crippen LogP contribution in [0.5, 0.6) is 0 Å². The van der Waals surface area contributed by atoms with Gasteiger partial charge in [0.1, 0.15) is 5.82 Å². The molecule has 1 atom stereocenters. The van der Waals surface area contributed by atoms with Gasteiger partial charge in [-0.3, -0.25) is 9.69 Å². The molecule has 0 aromatic carbocycles. The first-order valence-corrected chi connectivity index (χ1v) is 5.88. The van der Waals surface area contributed by atoms with Gasteiger partial charge in [-0.1, -0.05) is 6.92 Å². The number of rotatable bonds is 2. The van der Waals surface area contributed by atoms with E-state index in [4.69, 9.17) is 0 Å². The Balaban J connectivity index is 3.24. The van der Waals surface area contributed by atoms with Gasteiger partial charge < -0.3 is 0 Å². The van der Waals surface area contributed by atoms with Crippen LogP contribution in [-0.4, -0.2) is 22.6 Å². The number of amides is 1. The van der Waals surface area contributed by atoms with Crippen LogP contribution < -0.4 is 0 Å². The molecular formula is C13H22N2O. The van der Waals surface area contributed by atoms with Gasteiger partial charge in [-0.15, -0.1) is 0 Å². The molecule has 0 aromatic heterocycles. The molecule has 0 radical (unpaired) electrons. The summed E-state index contributed by atoms with van der Waals surface area (Å²) in [5, 5.41) is 0. The van der Waals surface area contributed by atoms with Crippen LogP contribution in [0.4, 0.5) is 0 Å². The Kier molecular flexibility index (Phi) is 3.56. The van der Waals surface area contributed by atoms with Gasteiger partial charge in [0.15, 0.2) is 0 Å². The van der Waals surface area contributed by atoms with Crippen LogP contribution in [0, 0.1) is 5.92 Å². The lowest BCUT2D eigenvalue weighted by Crippen LogP contribution is -2.43. The third kappa shape index (κ3) is 2.04. The Labute approximate surface area is 98.2 Å². The Bertz CT molecular complexity index is 347. The molecule has 0 aromatic rings. The van der Waals surface area contributed by atoms with Gasteiger partial charge >= 0.3 is 0 Å². The maximum atomic E-state index is 12.3. The van der Waals surface area contributed by atoms with Gasteiger partial charge in [0.05, 0.1) is 5.92 Å². The molecular weight excluding hydrogens is 200 g/mol. The van der Waals surface area contributed by atoms with Crippen LogP contribution in [0.15, 0.2) is 16.4 Å². The zero-order chi connectivity index (χ0) is 12.5. The number of hydrogen-bond donors (Lipinski definition) is 0. The van der Waals surface area contributed by atoms with Crippen LogP contribution >= 0.6 is 0 Å². The fourth-order valence-electron chi connectivity index (χ4n) is 2.19. The fourth-order valence-corrected chi connectivity index (χ4v) is 2.19. The Hall–Kier alpha value is -1.12. The predicted octanol–water partition coefficient (Wildman–Crippen LogP) is 2.98. The summed E-state index contributed by atoms with van der Waals surface area (Å²) < 4.78 is 0. The number of carbonyl (C=O) groups excluding carboxylic acids is 1. The average Bonchev–Trinajstić information content (AvgIpc) is 2.38. The van der Waals surface area contributed by atoms with E-state index in [1.54, 1.807) is 6.21 Å². The lowest BCUT2D eigenvalue weighted by molar-refractivity contribution is -0.134. The summed E-state index contributed by atoms with van der Waals surface area (Å²) in [5.74, 6) is 1.04. The highest BCUT2D eigenvalue weighted by Gasteiger charge is 2.41. The Morgan fingerprint density at radius 1 is 1.44 bits per heavy atom. The summed E-state index contributed by atoms with van der Waals surface area (Å²) in [6.07, 6.45) is 2.60. The summed E-state index contributed by atoms with van der Waals surface area (Å²) in [4.78, 5) is 18.5. The molecule has 1 aliphatic rings. The second kappa shape index (κ2) is 4.40. The topological polar surface area (TPSA) is 32.7 Å². The smallest absolute Gasteiger partial charge is 0.235 e. The maximum Gasteiger partial charge on any atom is 0.235 e. The molecule has 3 nitrogen and oxygen atoms in total. The standard InChI is InChI=1S/C13H22N2O/c1-7-10-9(3)11(14-8-2)15(12(10)16)13(4,5)6/h8,10H,7H2,1-6H3/b14-8-. The minimum absolute atomic E-state index is 0.0120. The minimum atomic E-state index is -0.204. The van der Waals surface area contributed by atoms with Crippen LogP contribution in [0.1, 0.15) is 48.0 Å². The predicted molar refractivity (Wildman–Crippen MR) is 67.2 cm³/mol. The van der Waals surface area contributed by atoms with Crippen molar-refractivity contribution in [1.29, 1.82) is 0 Å². The van der Waals surface area contributed by atoms with E-state index in [1.807, 2.05) is 46.4 Å². The summed E-state index contributed by atoms with van der Waals surface area (Å²) >= 11 is 0. The van der Waals surface area contributed by atoms with Gasteiger partial charge in [0.25, 0.3) is 0 Å². The van der Waals surface area contributed by atoms with Gasteiger partial charge in [-0.05, 0) is 46.6 Å². The van der Waals surface area contributed by atoms with Crippen LogP contribution in [0.2, 0.25) is 0 Å². The quantitative estimate of drug-likeness (QED) is 0.661. The van der Waals surface area contributed by atoms with Gasteiger partial charge in [-0.2, -0.15) is 0 Å². The molecule has 1 rings (SSSR count). The SMILES string of the molecule is C/C=N\C1=C(C)C(CC)C(=O)N1C(C)(C)C. The van der Waals surface area contributed by atoms with E-state index in [-0.39, 0.29) is 17.4 Å². The zero-order valence-electron chi connectivity index (χ0n) is 11.2. The molecule has 1 amide bonds. The lowest BCUT2D eigenvalue weighted by atomic mass is 9.99. The first kappa shape index (κ1) is 12.9. The van der Waals surface area contributed by atoms with E-state index < -0.39 is 0 Å². The number of hydrogen-bond acceptors (Lipinski definition) is 2. The zero-order valence-corrected chi connectivity index (χ0v) is 11.2. The van der Waals surface area contributed by atoms with Gasteiger partial charge in [-0.25, -0.2) is 4.99 Å². The van der Waals surface area contributed by atoms with Crippen molar-refractivity contribution in [3.05, 3.63) is 11.4 Å². The molecule has 0 saturated heterocycles. The normalized spacial score (nSPS) is 22.8. The third-order valence-corrected chi connectivity index (χ3v) is 2.94. The number of carbonyl (C=O) groups is 1. The van der Waals surface area contributed by atoms with Crippen LogP contribution in [0.3, 0.4) is 0 Å². The highest BCUT2D eigenvalue weighted by molar-refractivity contribution is 5.88. The van der Waals surface area contributed by atoms with Crippen molar-refractivity contribution in [3.8, 4) is 0 Å². The number of aliphatic imine (C=N–C) groups is 1. The second-order valence-corrected chi connectivity index (χ2v) is 5.20. The molecule has 3 heteroatoms. The highest BCUT2D eigenvalue weighted by Crippen LogP contribution is 2.36. The third-order valence-electron chi connectivity index (χ3n) is 2.94. The van der Waals surface area contributed by atoms with E-state index in [0.717, 1.165) is 17.8 Å². The molecule has 0 aliphatic carbocycles. The van der Waals surface area contributed by atoms with Crippen molar-refractivity contribution in [3.63, 3.8) is 0 Å². The van der Waals surface area contributed by atoms with Crippen molar-refractivity contribution in [2.45, 2.75) is 53.5 Å². The van der Waals surface area contributed by atoms with Gasteiger partial charge in [0, 0.05) is 11.8 Å². The van der Waals surface area contributed by atoms with E-state index >= 15 is 0 Å². The van der Waals surface area contributed by atoms with Crippen molar-refractivity contribution in [2.75, 3.05) is 0 Å². The summed E-state index contributed by atoms with van der Waals surface area (Å²) in [7, 11) is 0. The molecule has 1 unspecified atom stereocenters. The van der Waals surface area contributed by atoms with Crippen LogP contribution in [-0.2, 0) is 4.79 Å². The molecule has 1 heterocycles. The first-order valence-electron chi connectivity index (χ1n) is 5.88. The minimum Gasteiger partial charge on any atom is -0.291 e. The monoisotopic (exact) mass is 222 g/mol. The summed E-state index contributed by atoms with van der Waals surface area (Å²) in [5.41, 5.74) is 0.893. The van der Waals surface area contributed by atoms with Crippen molar-refractivity contribution in [2.24, 2.45) is 10.9 Å². The van der Waals surface area contributed by atoms with Gasteiger partial charge in [0.2, 0.25) is 5.91 Å². The van der Waals surface area contributed by atoms with Crippen molar-refractivity contribution < 1.29 is 4.79 Å². The van der Waals surface area contributed by atoms with E-state index in [9.17, 15) is 4.79 Å². The van der Waals surface area contributed by atoms with E-state index in [0.29, 0.717) is 0 Å². The van der Waals surface area contributed by atoms with Crippen molar-refractivity contribution in [1.82, 2.24) is 4.90 Å². The lowest BCUT2D eigenvalue weighted by Gasteiger charge is -2.33. The molecule has 0 N–H and O–H groups in total. The van der Waals surface area contributed by atoms with Crippen molar-refractivity contribution >= 4 is 12.1 Å². The average molecular weight is 222 g/mol. The summed E-state index contributed by atoms with van der Waals surface area (Å²) in [6.45, 7) is 12.1. The Morgan fingerprint density at radius 3 is 2.38 bits per heavy atom. The second-order valence-electron chi connectivity index (χ2n) is 5.20. The number of nitrogens with zero attached hydrogens (tertiary/aromatic N) is 2. The summed E-state index contributed by atoms with van der Waals surface area (Å²) in [6, 6.07) is 0. The maximum absolute atomic E-state index is 12.3. The Morgan fingerprint density at radius 2 is 2.00 bits per heavy atom. The highest BCUT2D eigenvalue weighted by atomic mass is 16.2. The molecule has 0 fully saturated rings. The van der Waals surface area contributed by atoms with E-state index in [2.05, 4.69) is 4.99 Å². The molecule has 16 heavy (non-hydrogen) atoms.